The van der Waals surface area contributed by atoms with Crippen molar-refractivity contribution >= 4 is 28.5 Å². The zero-order valence-corrected chi connectivity index (χ0v) is 19.4. The second-order valence-electron chi connectivity index (χ2n) is 9.00. The van der Waals surface area contributed by atoms with Crippen molar-refractivity contribution in [1.29, 1.82) is 0 Å². The third-order valence-electron chi connectivity index (χ3n) is 6.24. The fraction of sp³-hybridized carbons (Fsp3) is 0.455. The summed E-state index contributed by atoms with van der Waals surface area (Å²) >= 11 is 5.92. The zero-order chi connectivity index (χ0) is 25.6. The molecule has 188 valence electrons. The first-order valence-electron chi connectivity index (χ1n) is 10.8. The highest BCUT2D eigenvalue weighted by Crippen LogP contribution is 2.34. The van der Waals surface area contributed by atoms with Crippen LogP contribution in [-0.4, -0.2) is 70.8 Å². The first-order chi connectivity index (χ1) is 16.3. The number of hydrogen-bond acceptors (Lipinski definition) is 6. The lowest BCUT2D eigenvalue weighted by Crippen LogP contribution is -2.52. The van der Waals surface area contributed by atoms with Gasteiger partial charge in [0.2, 0.25) is 5.91 Å². The van der Waals surface area contributed by atoms with Gasteiger partial charge in [0.1, 0.15) is 11.7 Å². The average molecular weight is 514 g/mol. The molecule has 1 fully saturated rings. The summed E-state index contributed by atoms with van der Waals surface area (Å²) in [7, 11) is 0. The molecule has 0 bridgehead atoms. The first kappa shape index (κ1) is 25.1. The normalized spacial score (nSPS) is 18.0. The van der Waals surface area contributed by atoms with Crippen molar-refractivity contribution in [3.8, 4) is 5.69 Å². The molecular weight excluding hydrogens is 491 g/mol. The van der Waals surface area contributed by atoms with E-state index in [9.17, 15) is 33.0 Å². The molecule has 3 aromatic rings. The molecule has 1 aromatic carbocycles. The first-order valence-corrected chi connectivity index (χ1v) is 11.2. The second kappa shape index (κ2) is 8.92. The third kappa shape index (κ3) is 5.04. The van der Waals surface area contributed by atoms with E-state index in [1.165, 1.54) is 26.7 Å². The van der Waals surface area contributed by atoms with E-state index in [-0.39, 0.29) is 37.9 Å². The average Bonchev–Trinajstić information content (AvgIpc) is 3.20. The highest BCUT2D eigenvalue weighted by molar-refractivity contribution is 6.30. The van der Waals surface area contributed by atoms with Gasteiger partial charge in [-0.3, -0.25) is 14.2 Å². The maximum atomic E-state index is 13.0. The minimum absolute atomic E-state index is 0.0117. The number of aliphatic hydroxyl groups is 2. The Morgan fingerprint density at radius 3 is 2.43 bits per heavy atom. The summed E-state index contributed by atoms with van der Waals surface area (Å²) < 4.78 is 41.4. The molecule has 1 saturated heterocycles. The van der Waals surface area contributed by atoms with Crippen LogP contribution in [0.4, 0.5) is 13.2 Å². The number of carbonyl (C=O) groups is 1. The Bertz CT molecular complexity index is 1300. The maximum absolute atomic E-state index is 13.0. The van der Waals surface area contributed by atoms with Crippen LogP contribution in [0.15, 0.2) is 41.6 Å². The third-order valence-corrected chi connectivity index (χ3v) is 6.50. The van der Waals surface area contributed by atoms with Crippen molar-refractivity contribution < 1.29 is 28.2 Å². The smallest absolute Gasteiger partial charge is 0.388 e. The Kier molecular flexibility index (Phi) is 6.41. The van der Waals surface area contributed by atoms with Gasteiger partial charge < -0.3 is 15.1 Å². The minimum Gasteiger partial charge on any atom is -0.388 e. The van der Waals surface area contributed by atoms with Gasteiger partial charge in [0.05, 0.1) is 30.5 Å². The van der Waals surface area contributed by atoms with Crippen molar-refractivity contribution in [3.05, 3.63) is 52.2 Å². The number of alkyl halides is 3. The number of carbonyl (C=O) groups excluding carboxylic acids is 1. The van der Waals surface area contributed by atoms with Gasteiger partial charge in [-0.2, -0.15) is 18.3 Å². The number of rotatable bonds is 5. The van der Waals surface area contributed by atoms with E-state index in [1.807, 2.05) is 0 Å². The Morgan fingerprint density at radius 1 is 1.20 bits per heavy atom. The van der Waals surface area contributed by atoms with Crippen LogP contribution in [0.1, 0.15) is 26.2 Å². The number of aromatic nitrogens is 4. The molecule has 3 heterocycles. The lowest BCUT2D eigenvalue weighted by molar-refractivity contribution is -0.254. The van der Waals surface area contributed by atoms with Gasteiger partial charge in [-0.1, -0.05) is 11.6 Å². The molecule has 2 aromatic heterocycles. The summed E-state index contributed by atoms with van der Waals surface area (Å²) in [6, 6.07) is 6.83. The molecule has 4 rings (SSSR count). The Morgan fingerprint density at radius 2 is 1.83 bits per heavy atom. The van der Waals surface area contributed by atoms with E-state index < -0.39 is 35.3 Å². The van der Waals surface area contributed by atoms with Crippen LogP contribution in [0.2, 0.25) is 5.02 Å². The minimum atomic E-state index is -4.94. The van der Waals surface area contributed by atoms with Crippen molar-refractivity contribution in [2.75, 3.05) is 13.1 Å². The fourth-order valence-electron chi connectivity index (χ4n) is 3.99. The number of benzene rings is 1. The summed E-state index contributed by atoms with van der Waals surface area (Å²) in [4.78, 5) is 30.8. The molecule has 0 saturated carbocycles. The number of halogens is 4. The summed E-state index contributed by atoms with van der Waals surface area (Å²) in [5.74, 6) is -0.857. The van der Waals surface area contributed by atoms with E-state index in [0.717, 1.165) is 0 Å². The number of nitrogens with zero attached hydrogens (tertiary/aromatic N) is 5. The van der Waals surface area contributed by atoms with Crippen LogP contribution in [0, 0.1) is 0 Å². The number of likely N-dealkylation sites (tertiary alicyclic amines) is 1. The number of fused-ring (bicyclic) bond motifs is 1. The van der Waals surface area contributed by atoms with Gasteiger partial charge >= 0.3 is 6.18 Å². The van der Waals surface area contributed by atoms with Crippen LogP contribution in [0.25, 0.3) is 16.7 Å². The van der Waals surface area contributed by atoms with Crippen LogP contribution in [0.5, 0.6) is 0 Å². The predicted octanol–water partition coefficient (Wildman–Crippen LogP) is 2.29. The second-order valence-corrected chi connectivity index (χ2v) is 9.44. The maximum Gasteiger partial charge on any atom is 0.417 e. The molecule has 0 aliphatic carbocycles. The SMILES string of the molecule is CC(O)(CC(=O)N1CCC(O)(Cn2cnc3c(cnn3-c3ccc(Cl)cc3)c2=O)CC1)C(F)(F)F. The Labute approximate surface area is 202 Å². The summed E-state index contributed by atoms with van der Waals surface area (Å²) in [6.45, 7) is 0.420. The van der Waals surface area contributed by atoms with E-state index in [1.54, 1.807) is 24.3 Å². The Balaban J connectivity index is 1.46. The zero-order valence-electron chi connectivity index (χ0n) is 18.7. The van der Waals surface area contributed by atoms with Crippen molar-refractivity contribution in [2.24, 2.45) is 0 Å². The van der Waals surface area contributed by atoms with Crippen LogP contribution < -0.4 is 5.56 Å². The van der Waals surface area contributed by atoms with Gasteiger partial charge in [-0.05, 0) is 44.0 Å². The monoisotopic (exact) mass is 513 g/mol. The summed E-state index contributed by atoms with van der Waals surface area (Å²) in [5, 5.41) is 25.6. The van der Waals surface area contributed by atoms with E-state index in [0.29, 0.717) is 23.3 Å². The quantitative estimate of drug-likeness (QED) is 0.541. The standard InChI is InChI=1S/C22H23ClF3N5O4/c1-20(34,22(24,25)26)10-17(32)29-8-6-21(35,7-9-29)12-30-13-27-18-16(19(30)33)11-28-31(18)15-4-2-14(23)3-5-15/h2-5,11,13,34-35H,6-10,12H2,1H3. The van der Waals surface area contributed by atoms with Crippen molar-refractivity contribution in [3.63, 3.8) is 0 Å². The highest BCUT2D eigenvalue weighted by Gasteiger charge is 2.51. The summed E-state index contributed by atoms with van der Waals surface area (Å²) in [5.41, 5.74) is -3.92. The largest absolute Gasteiger partial charge is 0.417 e. The number of amides is 1. The van der Waals surface area contributed by atoms with Gasteiger partial charge in [-0.15, -0.1) is 0 Å². The van der Waals surface area contributed by atoms with E-state index in [2.05, 4.69) is 10.1 Å². The van der Waals surface area contributed by atoms with Gasteiger partial charge in [0.25, 0.3) is 5.56 Å². The van der Waals surface area contributed by atoms with Crippen LogP contribution in [0.3, 0.4) is 0 Å². The van der Waals surface area contributed by atoms with Gasteiger partial charge in [0.15, 0.2) is 11.2 Å². The number of piperidine rings is 1. The van der Waals surface area contributed by atoms with E-state index in [4.69, 9.17) is 11.6 Å². The lowest BCUT2D eigenvalue weighted by Gasteiger charge is -2.39. The molecule has 0 spiro atoms. The Hall–Kier alpha value is -2.96. The molecule has 9 nitrogen and oxygen atoms in total. The van der Waals surface area contributed by atoms with Gasteiger partial charge in [0, 0.05) is 18.1 Å². The van der Waals surface area contributed by atoms with Crippen LogP contribution >= 0.6 is 11.6 Å². The molecule has 2 N–H and O–H groups in total. The molecule has 35 heavy (non-hydrogen) atoms. The van der Waals surface area contributed by atoms with Crippen molar-refractivity contribution in [1.82, 2.24) is 24.2 Å². The van der Waals surface area contributed by atoms with Gasteiger partial charge in [-0.25, -0.2) is 9.67 Å². The molecule has 1 unspecified atom stereocenters. The summed E-state index contributed by atoms with van der Waals surface area (Å²) in [6.07, 6.45) is -3.27. The van der Waals surface area contributed by atoms with Crippen molar-refractivity contribution in [2.45, 2.75) is 50.1 Å². The topological polar surface area (TPSA) is 113 Å². The molecule has 1 aliphatic heterocycles. The highest BCUT2D eigenvalue weighted by atomic mass is 35.5. The molecule has 1 atom stereocenters. The van der Waals surface area contributed by atoms with Crippen LogP contribution in [-0.2, 0) is 11.3 Å². The molecular formula is C22H23ClF3N5O4. The fourth-order valence-corrected chi connectivity index (χ4v) is 4.11. The lowest BCUT2D eigenvalue weighted by atomic mass is 9.90. The molecule has 0 radical (unpaired) electrons. The van der Waals surface area contributed by atoms with E-state index >= 15 is 0 Å². The molecule has 13 heteroatoms. The molecule has 1 aliphatic rings. The predicted molar refractivity (Wildman–Crippen MR) is 120 cm³/mol. The molecule has 1 amide bonds. The number of hydrogen-bond donors (Lipinski definition) is 2.